The lowest BCUT2D eigenvalue weighted by atomic mass is 9.85. The Kier molecular flexibility index (Phi) is 4.87. The van der Waals surface area contributed by atoms with Crippen LogP contribution in [0.3, 0.4) is 0 Å². The molecule has 148 valence electrons. The van der Waals surface area contributed by atoms with Gasteiger partial charge in [-0.1, -0.05) is 17.7 Å². The molecule has 2 heterocycles. The Morgan fingerprint density at radius 1 is 1.39 bits per heavy atom. The molecule has 0 radical (unpaired) electrons. The van der Waals surface area contributed by atoms with E-state index in [9.17, 15) is 9.18 Å². The van der Waals surface area contributed by atoms with Crippen molar-refractivity contribution in [2.75, 3.05) is 7.11 Å². The summed E-state index contributed by atoms with van der Waals surface area (Å²) in [6.07, 6.45) is 4.16. The van der Waals surface area contributed by atoms with E-state index in [4.69, 9.17) is 16.3 Å². The lowest BCUT2D eigenvalue weighted by molar-refractivity contribution is 0.103. The van der Waals surface area contributed by atoms with Gasteiger partial charge in [-0.15, -0.1) is 0 Å². The third-order valence-corrected chi connectivity index (χ3v) is 5.85. The number of halogens is 2. The molecule has 0 spiro atoms. The summed E-state index contributed by atoms with van der Waals surface area (Å²) >= 11 is 6.32. The van der Waals surface area contributed by atoms with Gasteiger partial charge in [0.05, 0.1) is 19.3 Å². The third-order valence-electron chi connectivity index (χ3n) is 5.50. The second-order valence-corrected chi connectivity index (χ2v) is 7.99. The molecule has 1 aromatic carbocycles. The zero-order valence-electron chi connectivity index (χ0n) is 15.8. The van der Waals surface area contributed by atoms with Gasteiger partial charge >= 0.3 is 0 Å². The molecule has 1 N–H and O–H groups in total. The molecule has 0 saturated heterocycles. The van der Waals surface area contributed by atoms with Gasteiger partial charge in [-0.2, -0.15) is 5.10 Å². The van der Waals surface area contributed by atoms with Crippen molar-refractivity contribution in [1.29, 1.82) is 0 Å². The van der Waals surface area contributed by atoms with E-state index < -0.39 is 5.67 Å². The van der Waals surface area contributed by atoms with E-state index in [2.05, 4.69) is 15.1 Å². The molecule has 0 unspecified atom stereocenters. The van der Waals surface area contributed by atoms with Crippen molar-refractivity contribution < 1.29 is 9.13 Å². The minimum Gasteiger partial charge on any atom is -0.496 e. The van der Waals surface area contributed by atoms with Crippen LogP contribution in [-0.4, -0.2) is 32.5 Å². The number of nitrogens with one attached hydrogen (secondary N) is 1. The normalized spacial score (nSPS) is 22.5. The highest BCUT2D eigenvalue weighted by Gasteiger charge is 2.32. The average molecular weight is 405 g/mol. The highest BCUT2D eigenvalue weighted by molar-refractivity contribution is 6.31. The quantitative estimate of drug-likeness (QED) is 0.706. The molecule has 0 atom stereocenters. The lowest BCUT2D eigenvalue weighted by Gasteiger charge is -2.31. The van der Waals surface area contributed by atoms with Crippen molar-refractivity contribution in [3.63, 3.8) is 0 Å². The minimum absolute atomic E-state index is 0.0401. The molecular weight excluding hydrogens is 383 g/mol. The molecule has 1 aliphatic carbocycles. The molecular formula is C20H22ClFN4O2. The smallest absolute Gasteiger partial charge is 0.262 e. The zero-order chi connectivity index (χ0) is 19.9. The molecule has 0 bridgehead atoms. The third kappa shape index (κ3) is 3.51. The van der Waals surface area contributed by atoms with Gasteiger partial charge in [0.15, 0.2) is 5.65 Å². The Hall–Kier alpha value is -2.41. The summed E-state index contributed by atoms with van der Waals surface area (Å²) in [4.78, 5) is 20.0. The van der Waals surface area contributed by atoms with E-state index >= 15 is 0 Å². The topological polar surface area (TPSA) is 72.8 Å². The molecule has 8 heteroatoms. The van der Waals surface area contributed by atoms with Crippen molar-refractivity contribution in [3.8, 4) is 5.75 Å². The van der Waals surface area contributed by atoms with Crippen LogP contribution in [0.15, 0.2) is 29.2 Å². The van der Waals surface area contributed by atoms with Gasteiger partial charge in [0.2, 0.25) is 0 Å². The van der Waals surface area contributed by atoms with E-state index in [-0.39, 0.29) is 11.6 Å². The molecule has 3 aromatic rings. The average Bonchev–Trinajstić information content (AvgIpc) is 3.08. The van der Waals surface area contributed by atoms with Crippen LogP contribution >= 0.6 is 11.6 Å². The Morgan fingerprint density at radius 2 is 2.14 bits per heavy atom. The monoisotopic (exact) mass is 404 g/mol. The number of methoxy groups -OCH3 is 1. The molecule has 0 aliphatic heterocycles. The number of H-pyrrole nitrogens is 1. The number of rotatable bonds is 4. The summed E-state index contributed by atoms with van der Waals surface area (Å²) in [7, 11) is 1.57. The van der Waals surface area contributed by atoms with Crippen molar-refractivity contribution in [2.24, 2.45) is 0 Å². The van der Waals surface area contributed by atoms with Crippen LogP contribution in [0.2, 0.25) is 5.02 Å². The number of ether oxygens (including phenoxy) is 1. The second-order valence-electron chi connectivity index (χ2n) is 7.58. The largest absolute Gasteiger partial charge is 0.496 e. The molecule has 28 heavy (non-hydrogen) atoms. The van der Waals surface area contributed by atoms with Crippen molar-refractivity contribution in [1.82, 2.24) is 19.7 Å². The number of hydrogen-bond donors (Lipinski definition) is 1. The predicted octanol–water partition coefficient (Wildman–Crippen LogP) is 4.22. The summed E-state index contributed by atoms with van der Waals surface area (Å²) < 4.78 is 21.3. The van der Waals surface area contributed by atoms with Gasteiger partial charge in [-0.3, -0.25) is 4.79 Å². The maximum absolute atomic E-state index is 14.2. The van der Waals surface area contributed by atoms with Gasteiger partial charge in [0.25, 0.3) is 5.56 Å². The van der Waals surface area contributed by atoms with Gasteiger partial charge in [0, 0.05) is 17.0 Å². The minimum atomic E-state index is -1.13. The highest BCUT2D eigenvalue weighted by Crippen LogP contribution is 2.37. The van der Waals surface area contributed by atoms with Crippen LogP contribution in [0.25, 0.3) is 11.0 Å². The summed E-state index contributed by atoms with van der Waals surface area (Å²) in [5.74, 6) is 1.12. The molecule has 0 amide bonds. The van der Waals surface area contributed by atoms with Gasteiger partial charge < -0.3 is 9.72 Å². The Labute approximate surface area is 166 Å². The number of aromatic nitrogens is 4. The fraction of sp³-hybridized carbons (Fsp3) is 0.450. The first-order valence-electron chi connectivity index (χ1n) is 9.35. The lowest BCUT2D eigenvalue weighted by Crippen LogP contribution is -2.28. The summed E-state index contributed by atoms with van der Waals surface area (Å²) in [6.45, 7) is 1.64. The van der Waals surface area contributed by atoms with Crippen LogP contribution in [0.1, 0.15) is 50.0 Å². The van der Waals surface area contributed by atoms with Crippen molar-refractivity contribution >= 4 is 22.6 Å². The van der Waals surface area contributed by atoms with Crippen LogP contribution < -0.4 is 10.3 Å². The zero-order valence-corrected chi connectivity index (χ0v) is 16.6. The SMILES string of the molecule is COc1cccc(Cl)c1Cc1nc2c(cnn2C2CCC(C)(F)CC2)c(=O)[nH]1. The number of nitrogens with zero attached hydrogens (tertiary/aromatic N) is 3. The second kappa shape index (κ2) is 7.20. The van der Waals surface area contributed by atoms with Crippen LogP contribution in [0.5, 0.6) is 5.75 Å². The van der Waals surface area contributed by atoms with E-state index in [1.807, 2.05) is 6.07 Å². The summed E-state index contributed by atoms with van der Waals surface area (Å²) in [6, 6.07) is 5.44. The molecule has 4 rings (SSSR count). The van der Waals surface area contributed by atoms with E-state index in [0.717, 1.165) is 5.56 Å². The predicted molar refractivity (Wildman–Crippen MR) is 106 cm³/mol. The van der Waals surface area contributed by atoms with Crippen molar-refractivity contribution in [3.05, 3.63) is 51.2 Å². The molecule has 2 aromatic heterocycles. The first-order chi connectivity index (χ1) is 13.4. The van der Waals surface area contributed by atoms with Crippen LogP contribution in [0.4, 0.5) is 4.39 Å². The van der Waals surface area contributed by atoms with E-state index in [1.165, 1.54) is 6.20 Å². The van der Waals surface area contributed by atoms with Crippen LogP contribution in [-0.2, 0) is 6.42 Å². The summed E-state index contributed by atoms with van der Waals surface area (Å²) in [5.41, 5.74) is -0.0948. The van der Waals surface area contributed by atoms with Gasteiger partial charge in [0.1, 0.15) is 22.6 Å². The number of fused-ring (bicyclic) bond motifs is 1. The maximum atomic E-state index is 14.2. The molecule has 1 saturated carbocycles. The standard InChI is InChI=1S/C20H22ClFN4O2/c1-20(22)8-6-12(7-9-20)26-18-14(11-23-26)19(27)25-17(24-18)10-13-15(21)4-3-5-16(13)28-2/h3-5,11-12H,6-10H2,1-2H3,(H,24,25,27). The fourth-order valence-electron chi connectivity index (χ4n) is 3.85. The van der Waals surface area contributed by atoms with Crippen LogP contribution in [0, 0.1) is 0 Å². The van der Waals surface area contributed by atoms with Crippen molar-refractivity contribution in [2.45, 2.75) is 50.7 Å². The summed E-state index contributed by atoms with van der Waals surface area (Å²) in [5, 5.41) is 5.37. The highest BCUT2D eigenvalue weighted by atomic mass is 35.5. The number of aromatic amines is 1. The van der Waals surface area contributed by atoms with E-state index in [0.29, 0.717) is 59.7 Å². The number of benzene rings is 1. The number of alkyl halides is 1. The van der Waals surface area contributed by atoms with Gasteiger partial charge in [-0.25, -0.2) is 14.1 Å². The Balaban J connectivity index is 1.71. The Bertz CT molecular complexity index is 1070. The Morgan fingerprint density at radius 3 is 2.86 bits per heavy atom. The molecule has 1 aliphatic rings. The fourth-order valence-corrected chi connectivity index (χ4v) is 4.08. The maximum Gasteiger partial charge on any atom is 0.262 e. The molecule has 1 fully saturated rings. The first-order valence-corrected chi connectivity index (χ1v) is 9.72. The molecule has 6 nitrogen and oxygen atoms in total. The van der Waals surface area contributed by atoms with Gasteiger partial charge in [-0.05, 0) is 44.7 Å². The number of hydrogen-bond acceptors (Lipinski definition) is 4. The van der Waals surface area contributed by atoms with E-state index in [1.54, 1.807) is 30.8 Å². The first kappa shape index (κ1) is 18.9.